The molecule has 1 unspecified atom stereocenters. The molecule has 1 aromatic carbocycles. The van der Waals surface area contributed by atoms with Gasteiger partial charge in [0.15, 0.2) is 9.47 Å². The Morgan fingerprint density at radius 3 is 2.96 bits per heavy atom. The van der Waals surface area contributed by atoms with Gasteiger partial charge in [0.1, 0.15) is 17.7 Å². The first-order chi connectivity index (χ1) is 13.7. The van der Waals surface area contributed by atoms with Crippen molar-refractivity contribution < 1.29 is 18.6 Å². The van der Waals surface area contributed by atoms with Crippen LogP contribution in [0.3, 0.4) is 0 Å². The topological polar surface area (TPSA) is 109 Å². The lowest BCUT2D eigenvalue weighted by Crippen LogP contribution is -2.23. The van der Waals surface area contributed by atoms with Crippen LogP contribution < -0.4 is 5.73 Å². The van der Waals surface area contributed by atoms with Gasteiger partial charge in [-0.25, -0.2) is 14.8 Å². The number of para-hydroxylation sites is 1. The fourth-order valence-corrected chi connectivity index (χ4v) is 4.60. The summed E-state index contributed by atoms with van der Waals surface area (Å²) in [6.07, 6.45) is 2.20. The van der Waals surface area contributed by atoms with Crippen molar-refractivity contribution in [2.24, 2.45) is 5.16 Å². The molecule has 1 fully saturated rings. The van der Waals surface area contributed by atoms with E-state index in [0.29, 0.717) is 28.2 Å². The van der Waals surface area contributed by atoms with Crippen LogP contribution in [0.2, 0.25) is 0 Å². The number of benzene rings is 1. The molecule has 2 aromatic heterocycles. The number of hydrogen-bond acceptors (Lipinski definition) is 11. The van der Waals surface area contributed by atoms with E-state index in [-0.39, 0.29) is 5.71 Å². The Kier molecular flexibility index (Phi) is 6.05. The van der Waals surface area contributed by atoms with E-state index >= 15 is 0 Å². The number of rotatable bonds is 6. The number of carbonyl (C=O) groups excluding carboxylic acids is 1. The Morgan fingerprint density at radius 1 is 1.32 bits per heavy atom. The van der Waals surface area contributed by atoms with Gasteiger partial charge >= 0.3 is 5.97 Å². The summed E-state index contributed by atoms with van der Waals surface area (Å²) >= 11 is 3.52. The summed E-state index contributed by atoms with van der Waals surface area (Å²) in [4.78, 5) is 26.5. The lowest BCUT2D eigenvalue weighted by molar-refractivity contribution is -0.162. The summed E-state index contributed by atoms with van der Waals surface area (Å²) < 4.78 is 12.4. The second-order valence-electron chi connectivity index (χ2n) is 5.81. The van der Waals surface area contributed by atoms with E-state index in [4.69, 9.17) is 19.5 Å². The molecule has 3 aromatic rings. The van der Waals surface area contributed by atoms with Crippen LogP contribution in [0.5, 0.6) is 0 Å². The van der Waals surface area contributed by atoms with Gasteiger partial charge in [-0.3, -0.25) is 0 Å². The maximum absolute atomic E-state index is 12.6. The van der Waals surface area contributed by atoms with Gasteiger partial charge in [0.2, 0.25) is 12.0 Å². The Morgan fingerprint density at radius 2 is 2.21 bits per heavy atom. The smallest absolute Gasteiger partial charge is 0.375 e. The van der Waals surface area contributed by atoms with Crippen LogP contribution in [-0.4, -0.2) is 34.5 Å². The number of aromatic nitrogens is 2. The molecule has 0 bridgehead atoms. The molecule has 0 aliphatic carbocycles. The number of anilines is 1. The lowest BCUT2D eigenvalue weighted by Gasteiger charge is -2.20. The van der Waals surface area contributed by atoms with E-state index < -0.39 is 12.3 Å². The first-order valence-corrected chi connectivity index (χ1v) is 10.9. The van der Waals surface area contributed by atoms with E-state index in [0.717, 1.165) is 35.1 Å². The average Bonchev–Trinajstić information content (AvgIpc) is 3.33. The van der Waals surface area contributed by atoms with Crippen LogP contribution in [0.25, 0.3) is 10.2 Å². The number of nitrogen functional groups attached to an aromatic ring is 1. The number of nitrogens with two attached hydrogens (primary N) is 1. The van der Waals surface area contributed by atoms with Crippen LogP contribution in [-0.2, 0) is 18.6 Å². The highest BCUT2D eigenvalue weighted by atomic mass is 32.2. The minimum atomic E-state index is -0.689. The fourth-order valence-electron chi connectivity index (χ4n) is 2.49. The second-order valence-corrected chi connectivity index (χ2v) is 8.71. The summed E-state index contributed by atoms with van der Waals surface area (Å²) in [5.74, 6) is -0.689. The minimum Gasteiger partial charge on any atom is -0.379 e. The number of nitrogens with zero attached hydrogens (tertiary/aromatic N) is 3. The van der Waals surface area contributed by atoms with Crippen molar-refractivity contribution in [1.82, 2.24) is 9.97 Å². The molecule has 8 nitrogen and oxygen atoms in total. The van der Waals surface area contributed by atoms with Gasteiger partial charge in [0.25, 0.3) is 0 Å². The van der Waals surface area contributed by atoms with Crippen LogP contribution in [0.1, 0.15) is 25.0 Å². The van der Waals surface area contributed by atoms with Crippen molar-refractivity contribution in [2.75, 3.05) is 12.3 Å². The van der Waals surface area contributed by atoms with Gasteiger partial charge in [-0.15, -0.1) is 22.7 Å². The molecule has 1 saturated heterocycles. The first kappa shape index (κ1) is 19.1. The summed E-state index contributed by atoms with van der Waals surface area (Å²) in [5.41, 5.74) is 6.78. The normalized spacial score (nSPS) is 17.6. The quantitative estimate of drug-likeness (QED) is 0.353. The van der Waals surface area contributed by atoms with Crippen LogP contribution >= 0.6 is 34.7 Å². The molecule has 0 spiro atoms. The molecule has 4 rings (SSSR count). The summed E-state index contributed by atoms with van der Waals surface area (Å²) in [6.45, 7) is 0.608. The predicted molar refractivity (Wildman–Crippen MR) is 109 cm³/mol. The molecule has 0 radical (unpaired) electrons. The maximum Gasteiger partial charge on any atom is 0.375 e. The molecular weight excluding hydrogens is 420 g/mol. The third kappa shape index (κ3) is 4.61. The Hall–Kier alpha value is -2.21. The van der Waals surface area contributed by atoms with Gasteiger partial charge in [-0.1, -0.05) is 17.3 Å². The molecule has 0 saturated carbocycles. The molecule has 0 amide bonds. The summed E-state index contributed by atoms with van der Waals surface area (Å²) in [5, 5.41) is 5.91. The minimum absolute atomic E-state index is 0.0595. The van der Waals surface area contributed by atoms with E-state index in [1.165, 1.54) is 22.7 Å². The van der Waals surface area contributed by atoms with Crippen LogP contribution in [0.4, 0.5) is 5.13 Å². The number of fused-ring (bicyclic) bond motifs is 1. The van der Waals surface area contributed by atoms with Crippen molar-refractivity contribution in [1.29, 1.82) is 0 Å². The zero-order chi connectivity index (χ0) is 19.3. The number of ether oxygens (including phenoxy) is 1. The van der Waals surface area contributed by atoms with Crippen molar-refractivity contribution in [3.05, 3.63) is 35.3 Å². The Bertz CT molecular complexity index is 964. The summed E-state index contributed by atoms with van der Waals surface area (Å²) in [6, 6.07) is 7.70. The van der Waals surface area contributed by atoms with E-state index in [1.54, 1.807) is 5.38 Å². The molecule has 1 atom stereocenters. The molecule has 1 aliphatic heterocycles. The SMILES string of the molecule is Nc1nc(/C(=N/OC2CCCCO2)C(=O)OSc2nc3ccccc3s2)cs1. The molecule has 146 valence electrons. The van der Waals surface area contributed by atoms with Gasteiger partial charge < -0.3 is 19.5 Å². The standard InChI is InChI=1S/C17H16N4O4S3/c18-16-19-11(9-26-16)14(21-24-13-7-3-4-8-23-13)15(22)25-28-17-20-10-5-1-2-6-12(10)27-17/h1-2,5-6,9,13H,3-4,7-8H2,(H2,18,19)/b21-14-. The highest BCUT2D eigenvalue weighted by Gasteiger charge is 2.23. The van der Waals surface area contributed by atoms with Crippen LogP contribution in [0.15, 0.2) is 39.1 Å². The summed E-state index contributed by atoms with van der Waals surface area (Å²) in [7, 11) is 0. The zero-order valence-electron chi connectivity index (χ0n) is 14.6. The zero-order valence-corrected chi connectivity index (χ0v) is 17.0. The second kappa shape index (κ2) is 8.86. The third-order valence-electron chi connectivity index (χ3n) is 3.82. The molecule has 1 aliphatic rings. The highest BCUT2D eigenvalue weighted by Crippen LogP contribution is 2.30. The van der Waals surface area contributed by atoms with Gasteiger partial charge in [-0.05, 0) is 25.0 Å². The molecule has 28 heavy (non-hydrogen) atoms. The van der Waals surface area contributed by atoms with Gasteiger partial charge in [-0.2, -0.15) is 0 Å². The average molecular weight is 437 g/mol. The molecule has 2 N–H and O–H groups in total. The first-order valence-electron chi connectivity index (χ1n) is 8.50. The highest BCUT2D eigenvalue weighted by molar-refractivity contribution is 7.97. The number of hydrogen-bond donors (Lipinski definition) is 1. The fraction of sp³-hybridized carbons (Fsp3) is 0.294. The molecule has 3 heterocycles. The lowest BCUT2D eigenvalue weighted by atomic mass is 10.2. The number of oxime groups is 1. The molecule has 11 heteroatoms. The van der Waals surface area contributed by atoms with Gasteiger partial charge in [0, 0.05) is 11.8 Å². The third-order valence-corrected chi connectivity index (χ3v) is 6.25. The van der Waals surface area contributed by atoms with Crippen LogP contribution in [0, 0.1) is 0 Å². The Labute approximate surface area is 172 Å². The van der Waals surface area contributed by atoms with Crippen molar-refractivity contribution in [3.63, 3.8) is 0 Å². The van der Waals surface area contributed by atoms with Crippen molar-refractivity contribution in [2.45, 2.75) is 29.9 Å². The predicted octanol–water partition coefficient (Wildman–Crippen LogP) is 3.83. The largest absolute Gasteiger partial charge is 0.379 e. The monoisotopic (exact) mass is 436 g/mol. The van der Waals surface area contributed by atoms with Gasteiger partial charge in [0.05, 0.1) is 16.8 Å². The van der Waals surface area contributed by atoms with E-state index in [2.05, 4.69) is 15.1 Å². The van der Waals surface area contributed by atoms with Crippen molar-refractivity contribution in [3.8, 4) is 0 Å². The maximum atomic E-state index is 12.6. The van der Waals surface area contributed by atoms with E-state index in [9.17, 15) is 4.79 Å². The Balaban J connectivity index is 1.47. The number of thiazole rings is 2. The molecular formula is C17H16N4O4S3. The number of carbonyl (C=O) groups is 1. The van der Waals surface area contributed by atoms with Crippen molar-refractivity contribution >= 4 is 61.7 Å². The van der Waals surface area contributed by atoms with E-state index in [1.807, 2.05) is 24.3 Å².